The van der Waals surface area contributed by atoms with Crippen LogP contribution in [0.3, 0.4) is 0 Å². The van der Waals surface area contributed by atoms with Gasteiger partial charge in [0.2, 0.25) is 0 Å². The molecule has 0 radical (unpaired) electrons. The van der Waals surface area contributed by atoms with Crippen LogP contribution in [0.5, 0.6) is 0 Å². The number of nitrogens with zero attached hydrogens (tertiary/aromatic N) is 2. The molecule has 104 valence electrons. The lowest BCUT2D eigenvalue weighted by atomic mass is 10.2. The number of primary amides is 1. The van der Waals surface area contributed by atoms with E-state index in [2.05, 4.69) is 15.2 Å². The molecule has 1 saturated heterocycles. The van der Waals surface area contributed by atoms with Gasteiger partial charge < -0.3 is 16.8 Å². The van der Waals surface area contributed by atoms with E-state index in [1.165, 1.54) is 17.7 Å². The van der Waals surface area contributed by atoms with E-state index in [1.54, 1.807) is 6.07 Å². The fourth-order valence-corrected chi connectivity index (χ4v) is 2.95. The van der Waals surface area contributed by atoms with Gasteiger partial charge in [-0.05, 0) is 6.07 Å². The number of nitrogens with one attached hydrogen (secondary N) is 1. The van der Waals surface area contributed by atoms with Gasteiger partial charge in [-0.15, -0.1) is 0 Å². The third kappa shape index (κ3) is 4.00. The standard InChI is InChI=1S/C12H19N5OS/c13-9-7-10(11(14)18)12(16-8-9)15-1-2-17-3-5-19-6-4-17/h7-8H,1-6,13H2,(H2,14,18)(H,15,16). The Morgan fingerprint density at radius 1 is 1.47 bits per heavy atom. The molecule has 0 unspecified atom stereocenters. The molecule has 1 aliphatic rings. The van der Waals surface area contributed by atoms with Crippen molar-refractivity contribution >= 4 is 29.2 Å². The number of thioether (sulfide) groups is 1. The summed E-state index contributed by atoms with van der Waals surface area (Å²) in [6.07, 6.45) is 1.52. The first-order chi connectivity index (χ1) is 9.16. The molecule has 1 fully saturated rings. The van der Waals surface area contributed by atoms with Crippen molar-refractivity contribution in [2.45, 2.75) is 0 Å². The number of hydrogen-bond donors (Lipinski definition) is 3. The van der Waals surface area contributed by atoms with Crippen LogP contribution in [-0.2, 0) is 0 Å². The van der Waals surface area contributed by atoms with E-state index in [1.807, 2.05) is 11.8 Å². The van der Waals surface area contributed by atoms with Crippen LogP contribution in [0.1, 0.15) is 10.4 Å². The first kappa shape index (κ1) is 14.0. The zero-order chi connectivity index (χ0) is 13.7. The quantitative estimate of drug-likeness (QED) is 0.714. The summed E-state index contributed by atoms with van der Waals surface area (Å²) in [4.78, 5) is 17.8. The molecule has 0 spiro atoms. The molecule has 0 aliphatic carbocycles. The summed E-state index contributed by atoms with van der Waals surface area (Å²) in [5.41, 5.74) is 11.7. The van der Waals surface area contributed by atoms with Gasteiger partial charge in [-0.1, -0.05) is 0 Å². The van der Waals surface area contributed by atoms with Crippen molar-refractivity contribution in [3.8, 4) is 0 Å². The van der Waals surface area contributed by atoms with Crippen molar-refractivity contribution in [3.63, 3.8) is 0 Å². The summed E-state index contributed by atoms with van der Waals surface area (Å²) in [6.45, 7) is 3.90. The molecule has 2 rings (SSSR count). The Bertz CT molecular complexity index is 448. The van der Waals surface area contributed by atoms with Crippen molar-refractivity contribution in [2.75, 3.05) is 48.7 Å². The van der Waals surface area contributed by atoms with Crippen molar-refractivity contribution in [1.29, 1.82) is 0 Å². The predicted octanol–water partition coefficient (Wildman–Crippen LogP) is 0.223. The molecular weight excluding hydrogens is 262 g/mol. The predicted molar refractivity (Wildman–Crippen MR) is 79.4 cm³/mol. The molecule has 1 aliphatic heterocycles. The molecule has 19 heavy (non-hydrogen) atoms. The van der Waals surface area contributed by atoms with E-state index < -0.39 is 5.91 Å². The van der Waals surface area contributed by atoms with Crippen LogP contribution >= 0.6 is 11.8 Å². The zero-order valence-corrected chi connectivity index (χ0v) is 11.6. The van der Waals surface area contributed by atoms with Crippen LogP contribution in [0.2, 0.25) is 0 Å². The second-order valence-corrected chi connectivity index (χ2v) is 5.63. The minimum absolute atomic E-state index is 0.342. The topological polar surface area (TPSA) is 97.3 Å². The zero-order valence-electron chi connectivity index (χ0n) is 10.8. The molecule has 0 bridgehead atoms. The number of carbonyl (C=O) groups is 1. The van der Waals surface area contributed by atoms with Crippen LogP contribution in [0, 0.1) is 0 Å². The number of pyridine rings is 1. The van der Waals surface area contributed by atoms with Crippen LogP contribution in [0.15, 0.2) is 12.3 Å². The molecule has 5 N–H and O–H groups in total. The lowest BCUT2D eigenvalue weighted by Gasteiger charge is -2.26. The molecular formula is C12H19N5OS. The highest BCUT2D eigenvalue weighted by atomic mass is 32.2. The maximum absolute atomic E-state index is 11.3. The molecule has 0 aromatic carbocycles. The lowest BCUT2D eigenvalue weighted by molar-refractivity contribution is 0.100. The van der Waals surface area contributed by atoms with Gasteiger partial charge in [0.1, 0.15) is 5.82 Å². The summed E-state index contributed by atoms with van der Waals surface area (Å²) in [5, 5.41) is 3.15. The Balaban J connectivity index is 1.89. The largest absolute Gasteiger partial charge is 0.397 e. The number of rotatable bonds is 5. The summed E-state index contributed by atoms with van der Waals surface area (Å²) in [6, 6.07) is 1.55. The van der Waals surface area contributed by atoms with Gasteiger partial charge in [-0.3, -0.25) is 9.69 Å². The average molecular weight is 281 g/mol. The van der Waals surface area contributed by atoms with E-state index in [9.17, 15) is 4.79 Å². The molecule has 6 nitrogen and oxygen atoms in total. The average Bonchev–Trinajstić information content (AvgIpc) is 2.41. The van der Waals surface area contributed by atoms with Crippen LogP contribution in [0.25, 0.3) is 0 Å². The third-order valence-electron chi connectivity index (χ3n) is 3.00. The maximum Gasteiger partial charge on any atom is 0.252 e. The molecule has 1 amide bonds. The Hall–Kier alpha value is -1.47. The second-order valence-electron chi connectivity index (χ2n) is 4.41. The van der Waals surface area contributed by atoms with Gasteiger partial charge in [-0.25, -0.2) is 4.98 Å². The van der Waals surface area contributed by atoms with Crippen LogP contribution in [-0.4, -0.2) is 53.5 Å². The van der Waals surface area contributed by atoms with E-state index in [0.29, 0.717) is 17.1 Å². The van der Waals surface area contributed by atoms with E-state index in [-0.39, 0.29) is 0 Å². The second kappa shape index (κ2) is 6.63. The van der Waals surface area contributed by atoms with Crippen molar-refractivity contribution in [1.82, 2.24) is 9.88 Å². The van der Waals surface area contributed by atoms with Gasteiger partial charge in [0.05, 0.1) is 17.4 Å². The number of nitrogen functional groups attached to an aromatic ring is 1. The van der Waals surface area contributed by atoms with Gasteiger partial charge in [-0.2, -0.15) is 11.8 Å². The number of anilines is 2. The SMILES string of the molecule is NC(=O)c1cc(N)cnc1NCCN1CCSCC1. The van der Waals surface area contributed by atoms with Gasteiger partial charge in [0, 0.05) is 37.7 Å². The normalized spacial score (nSPS) is 16.2. The number of amides is 1. The summed E-state index contributed by atoms with van der Waals surface area (Å²) in [5.74, 6) is 2.36. The minimum Gasteiger partial charge on any atom is -0.397 e. The summed E-state index contributed by atoms with van der Waals surface area (Å²) in [7, 11) is 0. The first-order valence-electron chi connectivity index (χ1n) is 6.26. The maximum atomic E-state index is 11.3. The lowest BCUT2D eigenvalue weighted by Crippen LogP contribution is -2.36. The van der Waals surface area contributed by atoms with Gasteiger partial charge in [0.15, 0.2) is 0 Å². The first-order valence-corrected chi connectivity index (χ1v) is 7.41. The number of aromatic nitrogens is 1. The Kier molecular flexibility index (Phi) is 4.86. The van der Waals surface area contributed by atoms with Crippen molar-refractivity contribution < 1.29 is 4.79 Å². The minimum atomic E-state index is -0.517. The van der Waals surface area contributed by atoms with Crippen molar-refractivity contribution in [3.05, 3.63) is 17.8 Å². The molecule has 7 heteroatoms. The number of nitrogens with two attached hydrogens (primary N) is 2. The van der Waals surface area contributed by atoms with E-state index in [4.69, 9.17) is 11.5 Å². The Morgan fingerprint density at radius 2 is 2.21 bits per heavy atom. The van der Waals surface area contributed by atoms with Gasteiger partial charge >= 0.3 is 0 Å². The fraction of sp³-hybridized carbons (Fsp3) is 0.500. The molecule has 1 aromatic heterocycles. The van der Waals surface area contributed by atoms with E-state index in [0.717, 1.165) is 26.2 Å². The third-order valence-corrected chi connectivity index (χ3v) is 3.94. The molecule has 0 saturated carbocycles. The highest BCUT2D eigenvalue weighted by Crippen LogP contribution is 2.15. The highest BCUT2D eigenvalue weighted by molar-refractivity contribution is 7.99. The smallest absolute Gasteiger partial charge is 0.252 e. The molecule has 2 heterocycles. The number of carbonyl (C=O) groups excluding carboxylic acids is 1. The Morgan fingerprint density at radius 3 is 2.89 bits per heavy atom. The van der Waals surface area contributed by atoms with Gasteiger partial charge in [0.25, 0.3) is 5.91 Å². The Labute approximate surface area is 116 Å². The molecule has 0 atom stereocenters. The molecule has 1 aromatic rings. The fourth-order valence-electron chi connectivity index (χ4n) is 1.97. The summed E-state index contributed by atoms with van der Waals surface area (Å²) < 4.78 is 0. The highest BCUT2D eigenvalue weighted by Gasteiger charge is 2.12. The monoisotopic (exact) mass is 281 g/mol. The van der Waals surface area contributed by atoms with Crippen LogP contribution in [0.4, 0.5) is 11.5 Å². The van der Waals surface area contributed by atoms with Crippen molar-refractivity contribution in [2.24, 2.45) is 5.73 Å². The summed E-state index contributed by atoms with van der Waals surface area (Å²) >= 11 is 1.99. The number of hydrogen-bond acceptors (Lipinski definition) is 6. The van der Waals surface area contributed by atoms with E-state index >= 15 is 0 Å². The van der Waals surface area contributed by atoms with Crippen LogP contribution < -0.4 is 16.8 Å².